The van der Waals surface area contributed by atoms with Crippen LogP contribution in [-0.4, -0.2) is 15.6 Å². The van der Waals surface area contributed by atoms with E-state index < -0.39 is 0 Å². The van der Waals surface area contributed by atoms with E-state index in [-0.39, 0.29) is 11.8 Å². The number of carbonyl (C=O) groups excluding carboxylic acids is 1. The highest BCUT2D eigenvalue weighted by Crippen LogP contribution is 2.21. The molecule has 0 fully saturated rings. The molecule has 0 aliphatic carbocycles. The highest BCUT2D eigenvalue weighted by molar-refractivity contribution is 9.10. The summed E-state index contributed by atoms with van der Waals surface area (Å²) in [5.41, 5.74) is 0.636. The van der Waals surface area contributed by atoms with E-state index in [4.69, 9.17) is 4.42 Å². The third kappa shape index (κ3) is 2.72. The Hall–Kier alpha value is -1.36. The van der Waals surface area contributed by atoms with Crippen molar-refractivity contribution in [1.29, 1.82) is 0 Å². The van der Waals surface area contributed by atoms with Crippen molar-refractivity contribution >= 4 is 21.7 Å². The molecule has 5 heteroatoms. The van der Waals surface area contributed by atoms with Crippen molar-refractivity contribution in [3.05, 3.63) is 40.5 Å². The summed E-state index contributed by atoms with van der Waals surface area (Å²) >= 11 is 3.38. The Kier molecular flexibility index (Phi) is 4.01. The van der Waals surface area contributed by atoms with Crippen LogP contribution >= 0.6 is 15.9 Å². The van der Waals surface area contributed by atoms with Crippen LogP contribution in [0.2, 0.25) is 0 Å². The zero-order chi connectivity index (χ0) is 13.1. The van der Waals surface area contributed by atoms with Crippen molar-refractivity contribution in [2.24, 2.45) is 0 Å². The third-order valence-electron chi connectivity index (χ3n) is 2.68. The summed E-state index contributed by atoms with van der Waals surface area (Å²) in [6.45, 7) is 4.01. The predicted octanol–water partition coefficient (Wildman–Crippen LogP) is 3.64. The van der Waals surface area contributed by atoms with Gasteiger partial charge in [0.1, 0.15) is 11.5 Å². The fourth-order valence-corrected chi connectivity index (χ4v) is 2.30. The smallest absolute Gasteiger partial charge is 0.182 e. The van der Waals surface area contributed by atoms with Crippen molar-refractivity contribution in [2.45, 2.75) is 32.7 Å². The number of furan rings is 1. The topological polar surface area (TPSA) is 48.0 Å². The fraction of sp³-hybridized carbons (Fsp3) is 0.385. The first-order valence-corrected chi connectivity index (χ1v) is 6.67. The Bertz CT molecular complexity index is 529. The molecule has 4 nitrogen and oxygen atoms in total. The van der Waals surface area contributed by atoms with E-state index in [0.717, 1.165) is 10.2 Å². The van der Waals surface area contributed by atoms with Gasteiger partial charge in [0.25, 0.3) is 0 Å². The number of Topliss-reactive ketones (excluding diaryl/α,β-unsaturated/α-hetero) is 1. The molecule has 0 aliphatic heterocycles. The maximum Gasteiger partial charge on any atom is 0.182 e. The molecule has 0 aliphatic rings. The second-order valence-corrected chi connectivity index (χ2v) is 5.24. The van der Waals surface area contributed by atoms with Crippen molar-refractivity contribution in [2.75, 3.05) is 0 Å². The van der Waals surface area contributed by atoms with Gasteiger partial charge in [-0.05, 0) is 41.9 Å². The molecule has 0 amide bonds. The van der Waals surface area contributed by atoms with Gasteiger partial charge in [-0.2, -0.15) is 5.10 Å². The molecule has 2 aromatic heterocycles. The fourth-order valence-electron chi connectivity index (χ4n) is 1.80. The summed E-state index contributed by atoms with van der Waals surface area (Å²) in [5, 5.41) is 4.21. The minimum Gasteiger partial charge on any atom is -0.469 e. The molecule has 0 spiro atoms. The molecule has 0 N–H and O–H groups in total. The normalized spacial score (nSPS) is 11.1. The van der Waals surface area contributed by atoms with Gasteiger partial charge in [0.15, 0.2) is 5.78 Å². The number of hydrogen-bond donors (Lipinski definition) is 0. The van der Waals surface area contributed by atoms with Crippen LogP contribution in [0.1, 0.15) is 42.6 Å². The van der Waals surface area contributed by atoms with E-state index in [0.29, 0.717) is 18.5 Å². The maximum atomic E-state index is 12.2. The maximum absolute atomic E-state index is 12.2. The van der Waals surface area contributed by atoms with Crippen molar-refractivity contribution in [3.63, 3.8) is 0 Å². The second kappa shape index (κ2) is 5.52. The van der Waals surface area contributed by atoms with Crippen LogP contribution in [0.15, 0.2) is 33.5 Å². The minimum atomic E-state index is 0.0736. The van der Waals surface area contributed by atoms with Crippen LogP contribution in [0.5, 0.6) is 0 Å². The summed E-state index contributed by atoms with van der Waals surface area (Å²) in [5.74, 6) is 0.902. The highest BCUT2D eigenvalue weighted by atomic mass is 79.9. The Labute approximate surface area is 114 Å². The number of nitrogens with zero attached hydrogens (tertiary/aromatic N) is 2. The van der Waals surface area contributed by atoms with Crippen LogP contribution < -0.4 is 0 Å². The molecule has 0 atom stereocenters. The van der Waals surface area contributed by atoms with Crippen LogP contribution in [0.25, 0.3) is 0 Å². The average Bonchev–Trinajstić information content (AvgIpc) is 2.94. The Morgan fingerprint density at radius 2 is 2.33 bits per heavy atom. The molecular formula is C13H15BrN2O2. The molecule has 0 unspecified atom stereocenters. The SMILES string of the molecule is CC(C)n1ncc(Br)c1C(=O)CCc1ccco1. The van der Waals surface area contributed by atoms with E-state index in [1.807, 2.05) is 26.0 Å². The first kappa shape index (κ1) is 13.1. The second-order valence-electron chi connectivity index (χ2n) is 4.38. The molecule has 0 saturated heterocycles. The number of rotatable bonds is 5. The molecular weight excluding hydrogens is 296 g/mol. The van der Waals surface area contributed by atoms with Gasteiger partial charge in [-0.1, -0.05) is 0 Å². The monoisotopic (exact) mass is 310 g/mol. The average molecular weight is 311 g/mol. The van der Waals surface area contributed by atoms with E-state index >= 15 is 0 Å². The molecule has 0 saturated carbocycles. The third-order valence-corrected chi connectivity index (χ3v) is 3.26. The van der Waals surface area contributed by atoms with Crippen LogP contribution in [0, 0.1) is 0 Å². The van der Waals surface area contributed by atoms with E-state index in [9.17, 15) is 4.79 Å². The Morgan fingerprint density at radius 1 is 1.56 bits per heavy atom. The largest absolute Gasteiger partial charge is 0.469 e. The van der Waals surface area contributed by atoms with Gasteiger partial charge in [-0.3, -0.25) is 9.48 Å². The van der Waals surface area contributed by atoms with Crippen LogP contribution in [0.4, 0.5) is 0 Å². The van der Waals surface area contributed by atoms with Gasteiger partial charge in [0.05, 0.1) is 16.9 Å². The van der Waals surface area contributed by atoms with E-state index in [1.54, 1.807) is 17.1 Å². The van der Waals surface area contributed by atoms with E-state index in [2.05, 4.69) is 21.0 Å². The lowest BCUT2D eigenvalue weighted by Crippen LogP contribution is -2.13. The summed E-state index contributed by atoms with van der Waals surface area (Å²) in [6, 6.07) is 3.87. The molecule has 0 radical (unpaired) electrons. The molecule has 2 rings (SSSR count). The van der Waals surface area contributed by atoms with Crippen molar-refractivity contribution < 1.29 is 9.21 Å². The minimum absolute atomic E-state index is 0.0736. The summed E-state index contributed by atoms with van der Waals surface area (Å²) < 4.78 is 7.72. The lowest BCUT2D eigenvalue weighted by Gasteiger charge is -2.10. The van der Waals surface area contributed by atoms with Crippen molar-refractivity contribution in [3.8, 4) is 0 Å². The first-order chi connectivity index (χ1) is 8.59. The summed E-state index contributed by atoms with van der Waals surface area (Å²) in [7, 11) is 0. The Balaban J connectivity index is 2.11. The summed E-state index contributed by atoms with van der Waals surface area (Å²) in [4.78, 5) is 12.2. The van der Waals surface area contributed by atoms with Gasteiger partial charge in [-0.25, -0.2) is 0 Å². The lowest BCUT2D eigenvalue weighted by molar-refractivity contribution is 0.0968. The van der Waals surface area contributed by atoms with Gasteiger partial charge >= 0.3 is 0 Å². The molecule has 0 bridgehead atoms. The molecule has 96 valence electrons. The van der Waals surface area contributed by atoms with Crippen molar-refractivity contribution in [1.82, 2.24) is 9.78 Å². The molecule has 2 aromatic rings. The zero-order valence-corrected chi connectivity index (χ0v) is 12.0. The Morgan fingerprint density at radius 3 is 2.94 bits per heavy atom. The highest BCUT2D eigenvalue weighted by Gasteiger charge is 2.18. The standard InChI is InChI=1S/C13H15BrN2O2/c1-9(2)16-13(11(14)8-15-16)12(17)6-5-10-4-3-7-18-10/h3-4,7-9H,5-6H2,1-2H3. The van der Waals surface area contributed by atoms with Gasteiger partial charge in [-0.15, -0.1) is 0 Å². The number of carbonyl (C=O) groups is 1. The van der Waals surface area contributed by atoms with Gasteiger partial charge in [0.2, 0.25) is 0 Å². The summed E-state index contributed by atoms with van der Waals surface area (Å²) in [6.07, 6.45) is 4.32. The number of aryl methyl sites for hydroxylation is 1. The molecule has 18 heavy (non-hydrogen) atoms. The number of aromatic nitrogens is 2. The lowest BCUT2D eigenvalue weighted by atomic mass is 10.1. The van der Waals surface area contributed by atoms with E-state index in [1.165, 1.54) is 0 Å². The number of halogens is 1. The van der Waals surface area contributed by atoms with Crippen LogP contribution in [0.3, 0.4) is 0 Å². The van der Waals surface area contributed by atoms with Crippen LogP contribution in [-0.2, 0) is 6.42 Å². The van der Waals surface area contributed by atoms with Gasteiger partial charge < -0.3 is 4.42 Å². The number of hydrogen-bond acceptors (Lipinski definition) is 3. The molecule has 2 heterocycles. The zero-order valence-electron chi connectivity index (χ0n) is 10.4. The quantitative estimate of drug-likeness (QED) is 0.792. The predicted molar refractivity (Wildman–Crippen MR) is 71.7 cm³/mol. The number of ketones is 1. The van der Waals surface area contributed by atoms with Gasteiger partial charge in [0, 0.05) is 18.9 Å². The molecule has 0 aromatic carbocycles. The first-order valence-electron chi connectivity index (χ1n) is 5.88.